The summed E-state index contributed by atoms with van der Waals surface area (Å²) in [5, 5.41) is 8.74. The first kappa shape index (κ1) is 11.1. The third-order valence-electron chi connectivity index (χ3n) is 1.88. The molecule has 3 heteroatoms. The molecule has 0 aliphatic rings. The lowest BCUT2D eigenvalue weighted by Gasteiger charge is -2.10. The molecule has 0 fully saturated rings. The summed E-state index contributed by atoms with van der Waals surface area (Å²) in [6.45, 7) is 3.97. The fraction of sp³-hybridized carbons (Fsp3) is 0.364. The first-order chi connectivity index (χ1) is 6.59. The second-order valence-electron chi connectivity index (χ2n) is 3.29. The van der Waals surface area contributed by atoms with E-state index in [1.165, 1.54) is 10.5 Å². The molecular formula is C11H14O2S. The van der Waals surface area contributed by atoms with E-state index in [4.69, 9.17) is 5.11 Å². The van der Waals surface area contributed by atoms with Crippen molar-refractivity contribution in [3.8, 4) is 0 Å². The lowest BCUT2D eigenvalue weighted by atomic mass is 10.2. The average molecular weight is 210 g/mol. The van der Waals surface area contributed by atoms with Crippen LogP contribution in [0.1, 0.15) is 18.9 Å². The number of rotatable bonds is 4. The summed E-state index contributed by atoms with van der Waals surface area (Å²) in [6.07, 6.45) is 0.207. The summed E-state index contributed by atoms with van der Waals surface area (Å²) >= 11 is 1.62. The van der Waals surface area contributed by atoms with E-state index in [1.807, 2.05) is 38.1 Å². The van der Waals surface area contributed by atoms with Crippen LogP contribution < -0.4 is 0 Å². The highest BCUT2D eigenvalue weighted by Crippen LogP contribution is 2.27. The highest BCUT2D eigenvalue weighted by Gasteiger charge is 2.09. The maximum Gasteiger partial charge on any atom is 0.304 e. The lowest BCUT2D eigenvalue weighted by molar-refractivity contribution is -0.136. The van der Waals surface area contributed by atoms with Crippen molar-refractivity contribution < 1.29 is 9.90 Å². The van der Waals surface area contributed by atoms with Crippen LogP contribution in [0.3, 0.4) is 0 Å². The maximum atomic E-state index is 10.5. The molecule has 0 spiro atoms. The lowest BCUT2D eigenvalue weighted by Crippen LogP contribution is -2.05. The second-order valence-corrected chi connectivity index (χ2v) is 4.77. The van der Waals surface area contributed by atoms with Gasteiger partial charge in [0.25, 0.3) is 0 Å². The Morgan fingerprint density at radius 3 is 2.71 bits per heavy atom. The molecule has 1 aromatic rings. The Morgan fingerprint density at radius 2 is 2.14 bits per heavy atom. The Bertz CT molecular complexity index is 323. The topological polar surface area (TPSA) is 37.3 Å². The van der Waals surface area contributed by atoms with Gasteiger partial charge in [-0.25, -0.2) is 0 Å². The molecule has 2 nitrogen and oxygen atoms in total. The van der Waals surface area contributed by atoms with E-state index in [0.29, 0.717) is 0 Å². The van der Waals surface area contributed by atoms with Crippen LogP contribution >= 0.6 is 11.8 Å². The number of carboxylic acids is 1. The van der Waals surface area contributed by atoms with Crippen LogP contribution in [0.4, 0.5) is 0 Å². The average Bonchev–Trinajstić information content (AvgIpc) is 2.07. The highest BCUT2D eigenvalue weighted by atomic mass is 32.2. The first-order valence-corrected chi connectivity index (χ1v) is 5.41. The maximum absolute atomic E-state index is 10.5. The van der Waals surface area contributed by atoms with Gasteiger partial charge in [-0.15, -0.1) is 11.8 Å². The summed E-state index contributed by atoms with van der Waals surface area (Å²) in [6, 6.07) is 8.03. The van der Waals surface area contributed by atoms with Crippen LogP contribution in [-0.2, 0) is 4.79 Å². The van der Waals surface area contributed by atoms with Crippen molar-refractivity contribution >= 4 is 17.7 Å². The summed E-state index contributed by atoms with van der Waals surface area (Å²) < 4.78 is 0. The molecule has 76 valence electrons. The zero-order chi connectivity index (χ0) is 10.6. The number of hydrogen-bond donors (Lipinski definition) is 1. The van der Waals surface area contributed by atoms with Gasteiger partial charge in [0.2, 0.25) is 0 Å². The van der Waals surface area contributed by atoms with Gasteiger partial charge in [0.15, 0.2) is 0 Å². The zero-order valence-corrected chi connectivity index (χ0v) is 9.17. The Kier molecular flexibility index (Phi) is 4.01. The molecule has 1 rings (SSSR count). The van der Waals surface area contributed by atoms with Gasteiger partial charge in [-0.2, -0.15) is 0 Å². The van der Waals surface area contributed by atoms with E-state index in [1.54, 1.807) is 11.8 Å². The zero-order valence-electron chi connectivity index (χ0n) is 8.36. The summed E-state index contributed by atoms with van der Waals surface area (Å²) in [5.41, 5.74) is 1.20. The monoisotopic (exact) mass is 210 g/mol. The normalized spacial score (nSPS) is 12.4. The molecule has 0 saturated heterocycles. The van der Waals surface area contributed by atoms with E-state index in [2.05, 4.69) is 0 Å². The van der Waals surface area contributed by atoms with Crippen molar-refractivity contribution in [2.75, 3.05) is 0 Å². The van der Waals surface area contributed by atoms with Crippen LogP contribution in [0.2, 0.25) is 0 Å². The molecule has 1 aromatic carbocycles. The molecular weight excluding hydrogens is 196 g/mol. The van der Waals surface area contributed by atoms with Gasteiger partial charge in [-0.1, -0.05) is 25.1 Å². The quantitative estimate of drug-likeness (QED) is 0.776. The number of carbonyl (C=O) groups is 1. The molecule has 14 heavy (non-hydrogen) atoms. The third kappa shape index (κ3) is 3.42. The fourth-order valence-electron chi connectivity index (χ4n) is 1.19. The predicted octanol–water partition coefficient (Wildman–Crippen LogP) is 2.95. The molecule has 0 aliphatic heterocycles. The van der Waals surface area contributed by atoms with Crippen molar-refractivity contribution in [1.82, 2.24) is 0 Å². The largest absolute Gasteiger partial charge is 0.481 e. The molecule has 1 unspecified atom stereocenters. The Labute approximate surface area is 88.3 Å². The number of benzene rings is 1. The van der Waals surface area contributed by atoms with E-state index >= 15 is 0 Å². The van der Waals surface area contributed by atoms with Gasteiger partial charge in [-0.05, 0) is 18.6 Å². The number of carboxylic acid groups (broad SMARTS) is 1. The Balaban J connectivity index is 2.60. The first-order valence-electron chi connectivity index (χ1n) is 4.53. The molecule has 0 bridgehead atoms. The van der Waals surface area contributed by atoms with Crippen molar-refractivity contribution in [2.45, 2.75) is 30.4 Å². The summed E-state index contributed by atoms with van der Waals surface area (Å²) in [5.74, 6) is -0.737. The molecule has 0 radical (unpaired) electrons. The number of aliphatic carboxylic acids is 1. The van der Waals surface area contributed by atoms with Gasteiger partial charge < -0.3 is 5.11 Å². The molecule has 0 heterocycles. The Morgan fingerprint density at radius 1 is 1.50 bits per heavy atom. The van der Waals surface area contributed by atoms with E-state index < -0.39 is 5.97 Å². The van der Waals surface area contributed by atoms with Crippen molar-refractivity contribution in [3.63, 3.8) is 0 Å². The summed E-state index contributed by atoms with van der Waals surface area (Å²) in [7, 11) is 0. The molecule has 1 N–H and O–H groups in total. The molecule has 0 aliphatic carbocycles. The fourth-order valence-corrected chi connectivity index (χ4v) is 2.26. The van der Waals surface area contributed by atoms with E-state index in [-0.39, 0.29) is 11.7 Å². The highest BCUT2D eigenvalue weighted by molar-refractivity contribution is 8.00. The van der Waals surface area contributed by atoms with Crippen LogP contribution in [0, 0.1) is 6.92 Å². The molecule has 1 atom stereocenters. The van der Waals surface area contributed by atoms with Crippen LogP contribution in [0.15, 0.2) is 29.2 Å². The van der Waals surface area contributed by atoms with Gasteiger partial charge in [0, 0.05) is 10.1 Å². The SMILES string of the molecule is Cc1ccccc1SC(C)CC(=O)O. The Hall–Kier alpha value is -0.960. The standard InChI is InChI=1S/C11H14O2S/c1-8-5-3-4-6-10(8)14-9(2)7-11(12)13/h3-6,9H,7H2,1-2H3,(H,12,13). The van der Waals surface area contributed by atoms with Crippen molar-refractivity contribution in [2.24, 2.45) is 0 Å². The number of aryl methyl sites for hydroxylation is 1. The molecule has 0 saturated carbocycles. The molecule has 0 amide bonds. The molecule has 0 aromatic heterocycles. The minimum Gasteiger partial charge on any atom is -0.481 e. The van der Waals surface area contributed by atoms with Crippen LogP contribution in [0.25, 0.3) is 0 Å². The smallest absolute Gasteiger partial charge is 0.304 e. The minimum absolute atomic E-state index is 0.119. The third-order valence-corrected chi connectivity index (χ3v) is 3.16. The number of hydrogen-bond acceptors (Lipinski definition) is 2. The van der Waals surface area contributed by atoms with Gasteiger partial charge in [0.05, 0.1) is 6.42 Å². The van der Waals surface area contributed by atoms with E-state index in [0.717, 1.165) is 0 Å². The second kappa shape index (κ2) is 5.05. The summed E-state index contributed by atoms with van der Waals surface area (Å²) in [4.78, 5) is 11.6. The minimum atomic E-state index is -0.737. The predicted molar refractivity (Wildman–Crippen MR) is 58.8 cm³/mol. The van der Waals surface area contributed by atoms with Crippen LogP contribution in [0.5, 0.6) is 0 Å². The van der Waals surface area contributed by atoms with Gasteiger partial charge in [0.1, 0.15) is 0 Å². The van der Waals surface area contributed by atoms with Crippen LogP contribution in [-0.4, -0.2) is 16.3 Å². The van der Waals surface area contributed by atoms with E-state index in [9.17, 15) is 4.79 Å². The van der Waals surface area contributed by atoms with Crippen molar-refractivity contribution in [1.29, 1.82) is 0 Å². The van der Waals surface area contributed by atoms with Crippen molar-refractivity contribution in [3.05, 3.63) is 29.8 Å². The number of thioether (sulfide) groups is 1. The van der Waals surface area contributed by atoms with Gasteiger partial charge >= 0.3 is 5.97 Å². The van der Waals surface area contributed by atoms with Gasteiger partial charge in [-0.3, -0.25) is 4.79 Å².